The Bertz CT molecular complexity index is 756. The fourth-order valence-corrected chi connectivity index (χ4v) is 5.11. The minimum Gasteiger partial charge on any atom is -0.341 e. The van der Waals surface area contributed by atoms with Gasteiger partial charge in [-0.25, -0.2) is 8.42 Å². The molecule has 0 radical (unpaired) electrons. The van der Waals surface area contributed by atoms with E-state index in [0.29, 0.717) is 32.5 Å². The summed E-state index contributed by atoms with van der Waals surface area (Å²) in [7, 11) is -3.87. The average Bonchev–Trinajstić information content (AvgIpc) is 3.16. The van der Waals surface area contributed by atoms with Crippen molar-refractivity contribution in [3.8, 4) is 0 Å². The number of non-ortho nitro benzene ring substituents is 1. The molecular weight excluding hydrogens is 346 g/mol. The van der Waals surface area contributed by atoms with Gasteiger partial charge in [-0.05, 0) is 37.8 Å². The maximum Gasteiger partial charge on any atom is 0.269 e. The standard InChI is InChI=1S/C16H21N3O5S/c20-16(17-10-3-4-11-17)15-5-1-2-12-18(15)25(23,24)14-8-6-13(7-9-14)19(21)22/h6-9,15H,1-5,10-12H2/t15-/m1/s1. The number of amides is 1. The Morgan fingerprint density at radius 1 is 1.04 bits per heavy atom. The molecule has 2 saturated heterocycles. The predicted molar refractivity (Wildman–Crippen MR) is 90.4 cm³/mol. The number of nitro groups is 1. The van der Waals surface area contributed by atoms with Gasteiger partial charge in [-0.2, -0.15) is 4.31 Å². The lowest BCUT2D eigenvalue weighted by Crippen LogP contribution is -2.52. The number of carbonyl (C=O) groups is 1. The molecule has 0 unspecified atom stereocenters. The highest BCUT2D eigenvalue weighted by molar-refractivity contribution is 7.89. The molecule has 9 heteroatoms. The fraction of sp³-hybridized carbons (Fsp3) is 0.562. The van der Waals surface area contributed by atoms with E-state index >= 15 is 0 Å². The fourth-order valence-electron chi connectivity index (χ4n) is 3.46. The Morgan fingerprint density at radius 2 is 1.64 bits per heavy atom. The molecule has 1 atom stereocenters. The van der Waals surface area contributed by atoms with Crippen LogP contribution < -0.4 is 0 Å². The molecule has 8 nitrogen and oxygen atoms in total. The predicted octanol–water partition coefficient (Wildman–Crippen LogP) is 1.76. The molecule has 0 aromatic heterocycles. The summed E-state index contributed by atoms with van der Waals surface area (Å²) in [6, 6.07) is 4.15. The lowest BCUT2D eigenvalue weighted by molar-refractivity contribution is -0.384. The second-order valence-corrected chi connectivity index (χ2v) is 8.30. The first-order valence-electron chi connectivity index (χ1n) is 8.46. The van der Waals surface area contributed by atoms with Crippen LogP contribution in [0.25, 0.3) is 0 Å². The Labute approximate surface area is 146 Å². The lowest BCUT2D eigenvalue weighted by Gasteiger charge is -2.35. The summed E-state index contributed by atoms with van der Waals surface area (Å²) in [6.07, 6.45) is 3.94. The molecule has 2 heterocycles. The third-order valence-electron chi connectivity index (χ3n) is 4.81. The number of likely N-dealkylation sites (tertiary alicyclic amines) is 1. The minimum absolute atomic E-state index is 0.0146. The van der Waals surface area contributed by atoms with Gasteiger partial charge in [0.05, 0.1) is 9.82 Å². The number of nitrogens with zero attached hydrogens (tertiary/aromatic N) is 3. The second-order valence-electron chi connectivity index (χ2n) is 6.41. The number of hydrogen-bond acceptors (Lipinski definition) is 5. The number of hydrogen-bond donors (Lipinski definition) is 0. The number of sulfonamides is 1. The molecule has 2 fully saturated rings. The van der Waals surface area contributed by atoms with E-state index in [9.17, 15) is 23.3 Å². The van der Waals surface area contributed by atoms with Gasteiger partial charge in [0, 0.05) is 31.8 Å². The lowest BCUT2D eigenvalue weighted by atomic mass is 10.0. The van der Waals surface area contributed by atoms with Gasteiger partial charge in [0.25, 0.3) is 5.69 Å². The topological polar surface area (TPSA) is 101 Å². The van der Waals surface area contributed by atoms with Crippen LogP contribution in [0.2, 0.25) is 0 Å². The van der Waals surface area contributed by atoms with Crippen LogP contribution in [0, 0.1) is 10.1 Å². The zero-order chi connectivity index (χ0) is 18.0. The van der Waals surface area contributed by atoms with Crippen molar-refractivity contribution in [3.63, 3.8) is 0 Å². The first-order chi connectivity index (χ1) is 11.9. The SMILES string of the molecule is O=C([C@H]1CCCCN1S(=O)(=O)c1ccc([N+](=O)[O-])cc1)N1CCCC1. The molecule has 2 aliphatic heterocycles. The highest BCUT2D eigenvalue weighted by atomic mass is 32.2. The van der Waals surface area contributed by atoms with Crippen LogP contribution in [-0.2, 0) is 14.8 Å². The van der Waals surface area contributed by atoms with Crippen molar-refractivity contribution >= 4 is 21.6 Å². The van der Waals surface area contributed by atoms with Crippen LogP contribution in [0.15, 0.2) is 29.2 Å². The second kappa shape index (κ2) is 7.09. The molecule has 1 aromatic rings. The van der Waals surface area contributed by atoms with Gasteiger partial charge in [0.2, 0.25) is 15.9 Å². The molecule has 2 aliphatic rings. The van der Waals surface area contributed by atoms with E-state index in [4.69, 9.17) is 0 Å². The van der Waals surface area contributed by atoms with Crippen LogP contribution >= 0.6 is 0 Å². The summed E-state index contributed by atoms with van der Waals surface area (Å²) in [5.41, 5.74) is -0.165. The third-order valence-corrected chi connectivity index (χ3v) is 6.73. The van der Waals surface area contributed by atoms with E-state index in [1.165, 1.54) is 28.6 Å². The smallest absolute Gasteiger partial charge is 0.269 e. The molecule has 0 N–H and O–H groups in total. The van der Waals surface area contributed by atoms with Crippen LogP contribution in [-0.4, -0.2) is 54.1 Å². The summed E-state index contributed by atoms with van der Waals surface area (Å²) in [6.45, 7) is 1.66. The third kappa shape index (κ3) is 3.52. The first-order valence-corrected chi connectivity index (χ1v) is 9.90. The van der Waals surface area contributed by atoms with Gasteiger partial charge in [0.1, 0.15) is 6.04 Å². The Balaban J connectivity index is 1.87. The summed E-state index contributed by atoms with van der Waals surface area (Å²) in [5, 5.41) is 10.7. The largest absolute Gasteiger partial charge is 0.341 e. The zero-order valence-corrected chi connectivity index (χ0v) is 14.7. The van der Waals surface area contributed by atoms with Gasteiger partial charge in [-0.15, -0.1) is 0 Å². The van der Waals surface area contributed by atoms with Crippen molar-refractivity contribution in [2.24, 2.45) is 0 Å². The molecule has 3 rings (SSSR count). The zero-order valence-electron chi connectivity index (χ0n) is 13.8. The summed E-state index contributed by atoms with van der Waals surface area (Å²) < 4.78 is 27.2. The number of benzene rings is 1. The van der Waals surface area contributed by atoms with E-state index in [0.717, 1.165) is 19.3 Å². The van der Waals surface area contributed by atoms with Gasteiger partial charge in [-0.3, -0.25) is 14.9 Å². The van der Waals surface area contributed by atoms with Crippen LogP contribution in [0.1, 0.15) is 32.1 Å². The van der Waals surface area contributed by atoms with E-state index in [1.54, 1.807) is 4.90 Å². The maximum absolute atomic E-state index is 13.0. The van der Waals surface area contributed by atoms with Crippen molar-refractivity contribution in [1.82, 2.24) is 9.21 Å². The molecule has 0 bridgehead atoms. The summed E-state index contributed by atoms with van der Waals surface area (Å²) in [5.74, 6) is -0.123. The number of piperidine rings is 1. The van der Waals surface area contributed by atoms with Crippen LogP contribution in [0.3, 0.4) is 0 Å². The Kier molecular flexibility index (Phi) is 5.05. The van der Waals surface area contributed by atoms with E-state index in [2.05, 4.69) is 0 Å². The molecule has 25 heavy (non-hydrogen) atoms. The van der Waals surface area contributed by atoms with E-state index in [-0.39, 0.29) is 16.5 Å². The molecule has 1 aromatic carbocycles. The van der Waals surface area contributed by atoms with Crippen molar-refractivity contribution < 1.29 is 18.1 Å². The van der Waals surface area contributed by atoms with Gasteiger partial charge < -0.3 is 4.90 Å². The normalized spacial score (nSPS) is 22.1. The van der Waals surface area contributed by atoms with Crippen molar-refractivity contribution in [2.75, 3.05) is 19.6 Å². The highest BCUT2D eigenvalue weighted by Gasteiger charge is 2.39. The van der Waals surface area contributed by atoms with Crippen LogP contribution in [0.5, 0.6) is 0 Å². The number of carbonyl (C=O) groups excluding carboxylic acids is 1. The Hall–Kier alpha value is -2.00. The molecule has 0 aliphatic carbocycles. The van der Waals surface area contributed by atoms with Crippen molar-refractivity contribution in [2.45, 2.75) is 43.0 Å². The average molecular weight is 367 g/mol. The molecule has 0 saturated carbocycles. The van der Waals surface area contributed by atoms with E-state index < -0.39 is 21.0 Å². The molecule has 1 amide bonds. The van der Waals surface area contributed by atoms with E-state index in [1.807, 2.05) is 0 Å². The van der Waals surface area contributed by atoms with Gasteiger partial charge in [0.15, 0.2) is 0 Å². The van der Waals surface area contributed by atoms with Gasteiger partial charge in [-0.1, -0.05) is 6.42 Å². The number of rotatable bonds is 4. The summed E-state index contributed by atoms with van der Waals surface area (Å²) >= 11 is 0. The first kappa shape index (κ1) is 17.8. The quantitative estimate of drug-likeness (QED) is 0.596. The van der Waals surface area contributed by atoms with Crippen molar-refractivity contribution in [3.05, 3.63) is 34.4 Å². The van der Waals surface area contributed by atoms with Gasteiger partial charge >= 0.3 is 0 Å². The molecular formula is C16H21N3O5S. The molecule has 0 spiro atoms. The highest BCUT2D eigenvalue weighted by Crippen LogP contribution is 2.28. The maximum atomic E-state index is 13.0. The summed E-state index contributed by atoms with van der Waals surface area (Å²) in [4.78, 5) is 24.7. The molecule has 136 valence electrons. The minimum atomic E-state index is -3.87. The monoisotopic (exact) mass is 367 g/mol. The number of nitro benzene ring substituents is 1. The Morgan fingerprint density at radius 3 is 2.24 bits per heavy atom. The van der Waals surface area contributed by atoms with Crippen LogP contribution in [0.4, 0.5) is 5.69 Å². The van der Waals surface area contributed by atoms with Crippen molar-refractivity contribution in [1.29, 1.82) is 0 Å².